The van der Waals surface area contributed by atoms with E-state index in [1.54, 1.807) is 13.1 Å². The van der Waals surface area contributed by atoms with Crippen LogP contribution in [0.15, 0.2) is 53.3 Å². The van der Waals surface area contributed by atoms with E-state index < -0.39 is 0 Å². The van der Waals surface area contributed by atoms with Gasteiger partial charge < -0.3 is 5.32 Å². The molecule has 6 heteroatoms. The summed E-state index contributed by atoms with van der Waals surface area (Å²) < 4.78 is 15.6. The van der Waals surface area contributed by atoms with Gasteiger partial charge in [-0.25, -0.2) is 14.1 Å². The van der Waals surface area contributed by atoms with Gasteiger partial charge in [0.1, 0.15) is 5.83 Å². The Morgan fingerprint density at radius 2 is 2.03 bits per heavy atom. The molecule has 0 aromatic carbocycles. The van der Waals surface area contributed by atoms with Crippen LogP contribution in [0.4, 0.5) is 4.39 Å². The molecule has 0 aliphatic carbocycles. The molecule has 0 amide bonds. The maximum atomic E-state index is 13.7. The molecule has 1 aromatic heterocycles. The van der Waals surface area contributed by atoms with Gasteiger partial charge in [0, 0.05) is 25.1 Å². The molecule has 1 aliphatic rings. The molecule has 0 saturated carbocycles. The van der Waals surface area contributed by atoms with E-state index in [2.05, 4.69) is 34.5 Å². The Labute approximate surface area is 175 Å². The molecule has 2 heterocycles. The SMILES string of the molecule is C=C.CC/C=N\C(=NC)n1nc(C(C)/C=C\C(F)=C/CC)cc1C1CCNCC1. The number of rotatable bonds is 6. The summed E-state index contributed by atoms with van der Waals surface area (Å²) in [5.41, 5.74) is 2.06. The van der Waals surface area contributed by atoms with E-state index in [1.807, 2.05) is 37.7 Å². The van der Waals surface area contributed by atoms with Crippen molar-refractivity contribution < 1.29 is 4.39 Å². The van der Waals surface area contributed by atoms with Crippen LogP contribution < -0.4 is 5.32 Å². The first-order valence-corrected chi connectivity index (χ1v) is 10.4. The first-order valence-electron chi connectivity index (χ1n) is 10.4. The summed E-state index contributed by atoms with van der Waals surface area (Å²) in [4.78, 5) is 8.82. The van der Waals surface area contributed by atoms with Crippen molar-refractivity contribution in [3.05, 3.63) is 54.7 Å². The van der Waals surface area contributed by atoms with Gasteiger partial charge in [-0.05, 0) is 57.0 Å². The van der Waals surface area contributed by atoms with Gasteiger partial charge in [-0.3, -0.25) is 4.99 Å². The van der Waals surface area contributed by atoms with Crippen molar-refractivity contribution in [2.24, 2.45) is 9.98 Å². The smallest absolute Gasteiger partial charge is 0.245 e. The number of nitrogens with zero attached hydrogens (tertiary/aromatic N) is 4. The number of aromatic nitrogens is 2. The highest BCUT2D eigenvalue weighted by Gasteiger charge is 2.23. The van der Waals surface area contributed by atoms with Gasteiger partial charge in [-0.1, -0.05) is 26.8 Å². The van der Waals surface area contributed by atoms with E-state index in [0.29, 0.717) is 18.3 Å². The molecule has 160 valence electrons. The monoisotopic (exact) mass is 401 g/mol. The third-order valence-electron chi connectivity index (χ3n) is 4.70. The summed E-state index contributed by atoms with van der Waals surface area (Å²) in [7, 11) is 1.74. The minimum Gasteiger partial charge on any atom is -0.317 e. The number of allylic oxidation sites excluding steroid dienone is 4. The van der Waals surface area contributed by atoms with Gasteiger partial charge in [-0.2, -0.15) is 5.10 Å². The molecule has 1 N–H and O–H groups in total. The average Bonchev–Trinajstić information content (AvgIpc) is 3.20. The topological polar surface area (TPSA) is 54.6 Å². The number of hydrogen-bond acceptors (Lipinski definition) is 3. The maximum Gasteiger partial charge on any atom is 0.245 e. The largest absolute Gasteiger partial charge is 0.317 e. The van der Waals surface area contributed by atoms with E-state index in [4.69, 9.17) is 5.10 Å². The van der Waals surface area contributed by atoms with Crippen LogP contribution in [0.25, 0.3) is 0 Å². The second-order valence-corrected chi connectivity index (χ2v) is 6.82. The molecule has 0 radical (unpaired) electrons. The van der Waals surface area contributed by atoms with Gasteiger partial charge in [0.05, 0.1) is 11.4 Å². The van der Waals surface area contributed by atoms with E-state index in [9.17, 15) is 4.39 Å². The molecule has 2 rings (SSSR count). The van der Waals surface area contributed by atoms with Gasteiger partial charge in [-0.15, -0.1) is 13.2 Å². The Bertz CT molecular complexity index is 724. The zero-order valence-electron chi connectivity index (χ0n) is 18.4. The van der Waals surface area contributed by atoms with E-state index in [0.717, 1.165) is 43.7 Å². The van der Waals surface area contributed by atoms with Gasteiger partial charge in [0.15, 0.2) is 0 Å². The highest BCUT2D eigenvalue weighted by Crippen LogP contribution is 2.28. The maximum absolute atomic E-state index is 13.7. The summed E-state index contributed by atoms with van der Waals surface area (Å²) in [6, 6.07) is 2.14. The van der Waals surface area contributed by atoms with E-state index in [-0.39, 0.29) is 11.7 Å². The summed E-state index contributed by atoms with van der Waals surface area (Å²) in [6.07, 6.45) is 10.5. The Hall–Kier alpha value is -2.34. The lowest BCUT2D eigenvalue weighted by Crippen LogP contribution is -2.28. The minimum absolute atomic E-state index is 0.0102. The van der Waals surface area contributed by atoms with Crippen molar-refractivity contribution in [3.63, 3.8) is 0 Å². The molecular formula is C23H36FN5. The fourth-order valence-electron chi connectivity index (χ4n) is 3.18. The standard InChI is InChI=1S/C21H32FN5.C2H4/c1-5-7-18(22)9-8-16(3)19-15-20(17-10-13-24-14-11-17)27(26-19)21(23-4)25-12-6-2;1-2/h7-9,12,15-17,24H,5-6,10-11,13-14H2,1-4H3;1-2H2/b9-8-,18-7+,23-21?,25-12-;. The van der Waals surface area contributed by atoms with Gasteiger partial charge in [0.2, 0.25) is 5.96 Å². The van der Waals surface area contributed by atoms with Crippen LogP contribution in [-0.4, -0.2) is 42.1 Å². The molecule has 0 spiro atoms. The van der Waals surface area contributed by atoms with Crippen LogP contribution >= 0.6 is 0 Å². The van der Waals surface area contributed by atoms with Crippen LogP contribution in [0.3, 0.4) is 0 Å². The Morgan fingerprint density at radius 1 is 1.34 bits per heavy atom. The summed E-state index contributed by atoms with van der Waals surface area (Å²) in [6.45, 7) is 14.0. The summed E-state index contributed by atoms with van der Waals surface area (Å²) >= 11 is 0. The third-order valence-corrected chi connectivity index (χ3v) is 4.70. The van der Waals surface area contributed by atoms with E-state index >= 15 is 0 Å². The zero-order chi connectivity index (χ0) is 21.6. The van der Waals surface area contributed by atoms with Crippen molar-refractivity contribution in [3.8, 4) is 0 Å². The van der Waals surface area contributed by atoms with Crippen LogP contribution in [0, 0.1) is 0 Å². The Morgan fingerprint density at radius 3 is 2.62 bits per heavy atom. The lowest BCUT2D eigenvalue weighted by molar-refractivity contribution is 0.448. The molecular weight excluding hydrogens is 365 g/mol. The second-order valence-electron chi connectivity index (χ2n) is 6.82. The molecule has 1 saturated heterocycles. The van der Waals surface area contributed by atoms with Crippen molar-refractivity contribution in [1.29, 1.82) is 0 Å². The molecule has 1 fully saturated rings. The number of piperidine rings is 1. The molecule has 1 atom stereocenters. The molecule has 0 bridgehead atoms. The van der Waals surface area contributed by atoms with Crippen LogP contribution in [0.5, 0.6) is 0 Å². The second kappa shape index (κ2) is 13.8. The van der Waals surface area contributed by atoms with Crippen LogP contribution in [0.1, 0.15) is 69.7 Å². The highest BCUT2D eigenvalue weighted by molar-refractivity contribution is 5.89. The summed E-state index contributed by atoms with van der Waals surface area (Å²) in [5.74, 6) is 0.834. The van der Waals surface area contributed by atoms with Gasteiger partial charge in [0.25, 0.3) is 0 Å². The predicted molar refractivity (Wildman–Crippen MR) is 123 cm³/mol. The lowest BCUT2D eigenvalue weighted by Gasteiger charge is -2.23. The first kappa shape index (κ1) is 24.7. The van der Waals surface area contributed by atoms with Crippen molar-refractivity contribution >= 4 is 12.2 Å². The molecule has 1 aromatic rings. The number of hydrogen-bond donors (Lipinski definition) is 1. The van der Waals surface area contributed by atoms with Crippen LogP contribution in [-0.2, 0) is 0 Å². The highest BCUT2D eigenvalue weighted by atomic mass is 19.1. The summed E-state index contributed by atoms with van der Waals surface area (Å²) in [5, 5.41) is 8.20. The first-order chi connectivity index (χ1) is 14.1. The molecule has 1 aliphatic heterocycles. The van der Waals surface area contributed by atoms with E-state index in [1.165, 1.54) is 6.08 Å². The molecule has 29 heavy (non-hydrogen) atoms. The lowest BCUT2D eigenvalue weighted by atomic mass is 9.93. The van der Waals surface area contributed by atoms with Crippen molar-refractivity contribution in [2.75, 3.05) is 20.1 Å². The zero-order valence-corrected chi connectivity index (χ0v) is 18.4. The average molecular weight is 402 g/mol. The normalized spacial score (nSPS) is 17.6. The number of aliphatic imine (C=N–C) groups is 2. The number of nitrogens with one attached hydrogen (secondary N) is 1. The van der Waals surface area contributed by atoms with Crippen molar-refractivity contribution in [1.82, 2.24) is 15.1 Å². The number of halogens is 1. The minimum atomic E-state index is -0.203. The fourth-order valence-corrected chi connectivity index (χ4v) is 3.18. The third kappa shape index (κ3) is 7.54. The quantitative estimate of drug-likeness (QED) is 0.301. The Kier molecular flexibility index (Phi) is 11.7. The Balaban J connectivity index is 0.00000204. The molecule has 1 unspecified atom stereocenters. The molecule has 5 nitrogen and oxygen atoms in total. The van der Waals surface area contributed by atoms with Crippen LogP contribution in [0.2, 0.25) is 0 Å². The predicted octanol–water partition coefficient (Wildman–Crippen LogP) is 5.39. The van der Waals surface area contributed by atoms with Crippen molar-refractivity contribution in [2.45, 2.75) is 58.3 Å². The fraction of sp³-hybridized carbons (Fsp3) is 0.522. The van der Waals surface area contributed by atoms with Gasteiger partial charge >= 0.3 is 0 Å².